The maximum atomic E-state index is 14.0. The summed E-state index contributed by atoms with van der Waals surface area (Å²) in [5.41, 5.74) is 2.51. The molecule has 3 heterocycles. The smallest absolute Gasteiger partial charge is 0.338 e. The summed E-state index contributed by atoms with van der Waals surface area (Å²) in [4.78, 5) is 45.2. The van der Waals surface area contributed by atoms with Gasteiger partial charge in [-0.05, 0) is 56.7 Å². The van der Waals surface area contributed by atoms with Gasteiger partial charge in [0.25, 0.3) is 11.5 Å². The number of ether oxygens (including phenoxy) is 2. The molecule has 3 aromatic rings. The number of hydrogen-bond acceptors (Lipinski definition) is 7. The molecule has 10 heteroatoms. The number of nitrogens with one attached hydrogen (secondary N) is 1. The van der Waals surface area contributed by atoms with Gasteiger partial charge in [0, 0.05) is 15.7 Å². The molecule has 184 valence electrons. The zero-order valence-corrected chi connectivity index (χ0v) is 22.3. The van der Waals surface area contributed by atoms with E-state index >= 15 is 0 Å². The Bertz CT molecular complexity index is 1650. The molecular weight excluding hydrogens is 546 g/mol. The second-order valence-corrected chi connectivity index (χ2v) is 10.5. The van der Waals surface area contributed by atoms with E-state index in [2.05, 4.69) is 26.2 Å². The zero-order chi connectivity index (χ0) is 25.7. The van der Waals surface area contributed by atoms with E-state index in [1.165, 1.54) is 4.57 Å². The first-order chi connectivity index (χ1) is 17.2. The predicted octanol–water partition coefficient (Wildman–Crippen LogP) is 3.28. The van der Waals surface area contributed by atoms with E-state index in [0.717, 1.165) is 15.8 Å². The van der Waals surface area contributed by atoms with Gasteiger partial charge < -0.3 is 14.8 Å². The molecule has 5 rings (SSSR count). The normalized spacial score (nSPS) is 17.9. The minimum Gasteiger partial charge on any atom is -0.497 e. The van der Waals surface area contributed by atoms with Crippen LogP contribution in [0, 0.1) is 0 Å². The van der Waals surface area contributed by atoms with Gasteiger partial charge in [-0.15, -0.1) is 0 Å². The second kappa shape index (κ2) is 9.18. The van der Waals surface area contributed by atoms with Crippen LogP contribution in [0.1, 0.15) is 37.9 Å². The number of aromatic nitrogens is 1. The molecule has 36 heavy (non-hydrogen) atoms. The van der Waals surface area contributed by atoms with Gasteiger partial charge in [-0.2, -0.15) is 0 Å². The molecule has 2 aliphatic heterocycles. The van der Waals surface area contributed by atoms with E-state index in [1.807, 2.05) is 12.1 Å². The molecule has 1 aromatic heterocycles. The van der Waals surface area contributed by atoms with Crippen LogP contribution >= 0.6 is 27.3 Å². The monoisotopic (exact) mass is 567 g/mol. The summed E-state index contributed by atoms with van der Waals surface area (Å²) in [6.45, 7) is 5.25. The van der Waals surface area contributed by atoms with Gasteiger partial charge in [-0.25, -0.2) is 9.79 Å². The van der Waals surface area contributed by atoms with Crippen molar-refractivity contribution in [2.45, 2.75) is 32.9 Å². The second-order valence-electron chi connectivity index (χ2n) is 8.65. The first-order valence-corrected chi connectivity index (χ1v) is 12.8. The number of esters is 1. The third-order valence-electron chi connectivity index (χ3n) is 5.92. The minimum atomic E-state index is -0.802. The molecule has 0 fully saturated rings. The number of anilines is 1. The molecule has 0 aliphatic carbocycles. The Labute approximate surface area is 218 Å². The quantitative estimate of drug-likeness (QED) is 0.488. The molecule has 1 amide bonds. The highest BCUT2D eigenvalue weighted by molar-refractivity contribution is 9.10. The van der Waals surface area contributed by atoms with Crippen LogP contribution in [0.4, 0.5) is 5.69 Å². The van der Waals surface area contributed by atoms with Crippen molar-refractivity contribution in [3.8, 4) is 5.75 Å². The number of carbonyl (C=O) groups is 2. The molecule has 2 aromatic carbocycles. The van der Waals surface area contributed by atoms with Crippen LogP contribution < -0.4 is 24.9 Å². The Balaban J connectivity index is 1.82. The molecule has 1 atom stereocenters. The highest BCUT2D eigenvalue weighted by Gasteiger charge is 2.35. The SMILES string of the molecule is COc1cccc([C@H]2C(C(=O)OC(C)C)=C(C)N=c3s/c(=C4/C(=O)Nc5ccc(Br)cc54)c(=O)n32)c1. The molecule has 1 N–H and O–H groups in total. The maximum absolute atomic E-state index is 14.0. The molecule has 0 spiro atoms. The number of carbonyl (C=O) groups excluding carboxylic acids is 2. The lowest BCUT2D eigenvalue weighted by Gasteiger charge is -2.25. The summed E-state index contributed by atoms with van der Waals surface area (Å²) >= 11 is 4.57. The molecule has 0 bridgehead atoms. The third-order valence-corrected chi connectivity index (χ3v) is 7.47. The van der Waals surface area contributed by atoms with Crippen molar-refractivity contribution in [3.05, 3.63) is 89.0 Å². The summed E-state index contributed by atoms with van der Waals surface area (Å²) in [5, 5.41) is 2.83. The fourth-order valence-electron chi connectivity index (χ4n) is 4.40. The number of methoxy groups -OCH3 is 1. The lowest BCUT2D eigenvalue weighted by atomic mass is 9.95. The van der Waals surface area contributed by atoms with Crippen molar-refractivity contribution < 1.29 is 19.1 Å². The van der Waals surface area contributed by atoms with Gasteiger partial charge in [0.2, 0.25) is 0 Å². The van der Waals surface area contributed by atoms with Gasteiger partial charge in [0.1, 0.15) is 10.3 Å². The average Bonchev–Trinajstić information content (AvgIpc) is 3.32. The van der Waals surface area contributed by atoms with Crippen LogP contribution in [0.15, 0.2) is 68.0 Å². The molecule has 0 saturated carbocycles. The Hall–Kier alpha value is -3.50. The van der Waals surface area contributed by atoms with E-state index in [-0.39, 0.29) is 27.7 Å². The van der Waals surface area contributed by atoms with Crippen LogP contribution in [0.25, 0.3) is 5.57 Å². The van der Waals surface area contributed by atoms with E-state index < -0.39 is 17.6 Å². The minimum absolute atomic E-state index is 0.252. The maximum Gasteiger partial charge on any atom is 0.338 e. The first kappa shape index (κ1) is 24.2. The van der Waals surface area contributed by atoms with E-state index in [4.69, 9.17) is 9.47 Å². The van der Waals surface area contributed by atoms with Crippen molar-refractivity contribution in [2.24, 2.45) is 4.99 Å². The summed E-state index contributed by atoms with van der Waals surface area (Å²) < 4.78 is 13.4. The summed E-state index contributed by atoms with van der Waals surface area (Å²) in [6, 6.07) is 11.8. The van der Waals surface area contributed by atoms with Crippen molar-refractivity contribution >= 4 is 50.4 Å². The number of amides is 1. The number of halogens is 1. The van der Waals surface area contributed by atoms with Gasteiger partial charge in [-0.1, -0.05) is 39.4 Å². The van der Waals surface area contributed by atoms with Gasteiger partial charge in [-0.3, -0.25) is 14.2 Å². The molecular formula is C26H22BrN3O5S. The predicted molar refractivity (Wildman–Crippen MR) is 140 cm³/mol. The van der Waals surface area contributed by atoms with Crippen molar-refractivity contribution in [1.82, 2.24) is 4.57 Å². The Morgan fingerprint density at radius 1 is 1.19 bits per heavy atom. The number of thiazole rings is 1. The number of hydrogen-bond donors (Lipinski definition) is 1. The third kappa shape index (κ3) is 4.00. The average molecular weight is 568 g/mol. The summed E-state index contributed by atoms with van der Waals surface area (Å²) in [6.07, 6.45) is -0.354. The van der Waals surface area contributed by atoms with Crippen LogP contribution in [-0.2, 0) is 14.3 Å². The summed E-state index contributed by atoms with van der Waals surface area (Å²) in [5.74, 6) is -0.330. The molecule has 2 aliphatic rings. The van der Waals surface area contributed by atoms with E-state index in [9.17, 15) is 14.4 Å². The number of allylic oxidation sites excluding steroid dienone is 1. The van der Waals surface area contributed by atoms with Crippen LogP contribution in [-0.4, -0.2) is 29.7 Å². The highest BCUT2D eigenvalue weighted by Crippen LogP contribution is 2.34. The number of rotatable bonds is 4. The van der Waals surface area contributed by atoms with Gasteiger partial charge in [0.15, 0.2) is 4.80 Å². The number of benzene rings is 2. The Morgan fingerprint density at radius 2 is 1.97 bits per heavy atom. The molecule has 8 nitrogen and oxygen atoms in total. The number of fused-ring (bicyclic) bond motifs is 2. The summed E-state index contributed by atoms with van der Waals surface area (Å²) in [7, 11) is 1.55. The van der Waals surface area contributed by atoms with Crippen molar-refractivity contribution in [1.29, 1.82) is 0 Å². The Kier molecular flexibility index (Phi) is 6.17. The Morgan fingerprint density at radius 3 is 2.69 bits per heavy atom. The van der Waals surface area contributed by atoms with Gasteiger partial charge in [0.05, 0.1) is 36.1 Å². The van der Waals surface area contributed by atoms with Crippen molar-refractivity contribution in [3.63, 3.8) is 0 Å². The van der Waals surface area contributed by atoms with Gasteiger partial charge >= 0.3 is 5.97 Å². The fourth-order valence-corrected chi connectivity index (χ4v) is 5.91. The van der Waals surface area contributed by atoms with Crippen LogP contribution in [0.2, 0.25) is 0 Å². The standard InChI is InChI=1S/C26H22BrN3O5S/c1-12(2)35-25(33)19-13(3)28-26-30(21(19)14-6-5-7-16(10-14)34-4)24(32)22(36-26)20-17-11-15(27)8-9-18(17)29-23(20)31/h5-12,21H,1-4H3,(H,29,31)/b22-20+/t21-/m0/s1. The lowest BCUT2D eigenvalue weighted by Crippen LogP contribution is -2.40. The van der Waals surface area contributed by atoms with E-state index in [0.29, 0.717) is 33.1 Å². The van der Waals surface area contributed by atoms with Crippen LogP contribution in [0.5, 0.6) is 5.75 Å². The largest absolute Gasteiger partial charge is 0.497 e. The molecule has 0 unspecified atom stereocenters. The van der Waals surface area contributed by atoms with Crippen molar-refractivity contribution in [2.75, 3.05) is 12.4 Å². The first-order valence-electron chi connectivity index (χ1n) is 11.2. The number of nitrogens with zero attached hydrogens (tertiary/aromatic N) is 2. The highest BCUT2D eigenvalue weighted by atomic mass is 79.9. The molecule has 0 saturated heterocycles. The van der Waals surface area contributed by atoms with Crippen LogP contribution in [0.3, 0.4) is 0 Å². The van der Waals surface area contributed by atoms with E-state index in [1.54, 1.807) is 58.2 Å². The fraction of sp³-hybridized carbons (Fsp3) is 0.231. The topological polar surface area (TPSA) is 99.0 Å². The molecule has 0 radical (unpaired) electrons. The lowest BCUT2D eigenvalue weighted by molar-refractivity contribution is -0.143. The zero-order valence-electron chi connectivity index (χ0n) is 19.9.